The third kappa shape index (κ3) is 4.11. The lowest BCUT2D eigenvalue weighted by Crippen LogP contribution is -2.34. The monoisotopic (exact) mass is 399 g/mol. The molecule has 0 saturated heterocycles. The Kier molecular flexibility index (Phi) is 5.39. The molecule has 29 heavy (non-hydrogen) atoms. The number of rotatable bonds is 5. The average Bonchev–Trinajstić information content (AvgIpc) is 3.19. The summed E-state index contributed by atoms with van der Waals surface area (Å²) in [4.78, 5) is 26.9. The highest BCUT2D eigenvalue weighted by Gasteiger charge is 2.37. The van der Waals surface area contributed by atoms with Crippen molar-refractivity contribution in [3.05, 3.63) is 70.1 Å². The van der Waals surface area contributed by atoms with E-state index in [1.54, 1.807) is 12.1 Å². The Morgan fingerprint density at radius 1 is 1.24 bits per heavy atom. The van der Waals surface area contributed by atoms with Gasteiger partial charge >= 0.3 is 0 Å². The molecule has 2 aromatic rings. The smallest absolute Gasteiger partial charge is 0.289 e. The summed E-state index contributed by atoms with van der Waals surface area (Å²) in [6.07, 6.45) is 0.372. The first kappa shape index (κ1) is 20.8. The van der Waals surface area contributed by atoms with Crippen molar-refractivity contribution in [1.29, 1.82) is 0 Å². The van der Waals surface area contributed by atoms with Gasteiger partial charge in [-0.15, -0.1) is 0 Å². The van der Waals surface area contributed by atoms with E-state index in [1.165, 1.54) is 17.0 Å². The number of furan rings is 1. The van der Waals surface area contributed by atoms with Crippen molar-refractivity contribution in [3.8, 4) is 0 Å². The van der Waals surface area contributed by atoms with E-state index in [0.717, 1.165) is 5.56 Å². The molecule has 0 atom stereocenters. The van der Waals surface area contributed by atoms with Crippen LogP contribution in [0.1, 0.15) is 62.1 Å². The number of carbonyl (C=O) groups excluding carboxylic acids is 2. The molecule has 0 unspecified atom stereocenters. The molecule has 3 rings (SSSR count). The van der Waals surface area contributed by atoms with Crippen molar-refractivity contribution in [3.63, 3.8) is 0 Å². The molecule has 0 saturated carbocycles. The summed E-state index contributed by atoms with van der Waals surface area (Å²) >= 11 is 0. The standard InChI is InChI=1S/C23H26FNO4/c1-13(2)25-12-17(20(27)22(25)28)19(26)21-15(11-18(29-21)23(3,4)5)10-14-6-8-16(24)9-7-14/h6-9,11,13,27H,10,12H2,1-5H3. The van der Waals surface area contributed by atoms with Gasteiger partial charge in [-0.1, -0.05) is 32.9 Å². The minimum absolute atomic E-state index is 0.0406. The Bertz CT molecular complexity index is 977. The molecule has 5 nitrogen and oxygen atoms in total. The SMILES string of the molecule is CC(C)N1CC(C(=O)c2oc(C(C)(C)C)cc2Cc2ccc(F)cc2)=C(O)C1=O. The molecule has 0 bridgehead atoms. The highest BCUT2D eigenvalue weighted by molar-refractivity contribution is 6.14. The fourth-order valence-electron chi connectivity index (χ4n) is 3.26. The van der Waals surface area contributed by atoms with Crippen LogP contribution < -0.4 is 0 Å². The highest BCUT2D eigenvalue weighted by Crippen LogP contribution is 2.32. The van der Waals surface area contributed by atoms with Crippen molar-refractivity contribution >= 4 is 11.7 Å². The zero-order chi connectivity index (χ0) is 21.5. The van der Waals surface area contributed by atoms with E-state index in [4.69, 9.17) is 4.42 Å². The van der Waals surface area contributed by atoms with Crippen LogP contribution >= 0.6 is 0 Å². The molecule has 0 radical (unpaired) electrons. The van der Waals surface area contributed by atoms with Crippen LogP contribution in [0.5, 0.6) is 0 Å². The number of aliphatic hydroxyl groups excluding tert-OH is 1. The van der Waals surface area contributed by atoms with E-state index in [0.29, 0.717) is 17.7 Å². The Hall–Kier alpha value is -2.89. The number of hydrogen-bond acceptors (Lipinski definition) is 4. The van der Waals surface area contributed by atoms with Crippen LogP contribution in [0.3, 0.4) is 0 Å². The number of amides is 1. The van der Waals surface area contributed by atoms with Crippen molar-refractivity contribution in [2.24, 2.45) is 0 Å². The second-order valence-electron chi connectivity index (χ2n) is 8.70. The quantitative estimate of drug-likeness (QED) is 0.749. The van der Waals surface area contributed by atoms with Gasteiger partial charge in [0.05, 0.1) is 12.1 Å². The number of hydrogen-bond donors (Lipinski definition) is 1. The molecular formula is C23H26FNO4. The lowest BCUT2D eigenvalue weighted by molar-refractivity contribution is -0.129. The van der Waals surface area contributed by atoms with Crippen LogP contribution in [0.15, 0.2) is 46.1 Å². The van der Waals surface area contributed by atoms with Gasteiger partial charge in [0.25, 0.3) is 5.91 Å². The fraction of sp³-hybridized carbons (Fsp3) is 0.391. The van der Waals surface area contributed by atoms with Gasteiger partial charge in [-0.2, -0.15) is 0 Å². The third-order valence-corrected chi connectivity index (χ3v) is 5.04. The van der Waals surface area contributed by atoms with Gasteiger partial charge in [0.15, 0.2) is 11.5 Å². The van der Waals surface area contributed by atoms with Gasteiger partial charge in [-0.25, -0.2) is 4.39 Å². The third-order valence-electron chi connectivity index (χ3n) is 5.04. The Labute approximate surface area is 169 Å². The number of benzene rings is 1. The lowest BCUT2D eigenvalue weighted by atomic mass is 9.92. The molecule has 2 heterocycles. The zero-order valence-electron chi connectivity index (χ0n) is 17.4. The summed E-state index contributed by atoms with van der Waals surface area (Å²) in [6.45, 7) is 9.60. The van der Waals surface area contributed by atoms with Crippen LogP contribution in [0.4, 0.5) is 4.39 Å². The summed E-state index contributed by atoms with van der Waals surface area (Å²) < 4.78 is 19.2. The zero-order valence-corrected chi connectivity index (χ0v) is 17.4. The molecule has 154 valence electrons. The van der Waals surface area contributed by atoms with E-state index in [9.17, 15) is 19.1 Å². The molecule has 1 aliphatic rings. The van der Waals surface area contributed by atoms with Crippen LogP contribution in [0, 0.1) is 5.82 Å². The van der Waals surface area contributed by atoms with Gasteiger partial charge in [0.1, 0.15) is 11.6 Å². The minimum atomic E-state index is -0.550. The maximum atomic E-state index is 13.2. The van der Waals surface area contributed by atoms with E-state index >= 15 is 0 Å². The van der Waals surface area contributed by atoms with Crippen LogP contribution in [-0.2, 0) is 16.6 Å². The predicted molar refractivity (Wildman–Crippen MR) is 107 cm³/mol. The molecule has 0 fully saturated rings. The molecule has 1 aliphatic heterocycles. The summed E-state index contributed by atoms with van der Waals surface area (Å²) in [5.41, 5.74) is 1.18. The number of ketones is 1. The summed E-state index contributed by atoms with van der Waals surface area (Å²) in [5.74, 6) is -1.16. The maximum absolute atomic E-state index is 13.2. The predicted octanol–water partition coefficient (Wildman–Crippen LogP) is 4.55. The topological polar surface area (TPSA) is 70.8 Å². The van der Waals surface area contributed by atoms with Gasteiger partial charge in [0.2, 0.25) is 5.78 Å². The van der Waals surface area contributed by atoms with Gasteiger partial charge < -0.3 is 14.4 Å². The Morgan fingerprint density at radius 3 is 2.38 bits per heavy atom. The molecule has 6 heteroatoms. The van der Waals surface area contributed by atoms with Gasteiger partial charge in [-0.05, 0) is 37.6 Å². The summed E-state index contributed by atoms with van der Waals surface area (Å²) in [5, 5.41) is 10.3. The van der Waals surface area contributed by atoms with Gasteiger partial charge in [-0.3, -0.25) is 9.59 Å². The molecular weight excluding hydrogens is 373 g/mol. The average molecular weight is 399 g/mol. The normalized spacial score (nSPS) is 15.0. The first-order valence-electron chi connectivity index (χ1n) is 9.64. The van der Waals surface area contributed by atoms with Crippen LogP contribution in [-0.4, -0.2) is 34.3 Å². The first-order chi connectivity index (χ1) is 13.5. The molecule has 1 amide bonds. The summed E-state index contributed by atoms with van der Waals surface area (Å²) in [6, 6.07) is 7.73. The first-order valence-corrected chi connectivity index (χ1v) is 9.64. The van der Waals surface area contributed by atoms with Crippen molar-refractivity contribution in [2.45, 2.75) is 52.5 Å². The lowest BCUT2D eigenvalue weighted by Gasteiger charge is -2.20. The Balaban J connectivity index is 2.01. The number of halogens is 1. The molecule has 1 aromatic heterocycles. The van der Waals surface area contributed by atoms with E-state index in [-0.39, 0.29) is 35.2 Å². The summed E-state index contributed by atoms with van der Waals surface area (Å²) in [7, 11) is 0. The number of carbonyl (C=O) groups is 2. The fourth-order valence-corrected chi connectivity index (χ4v) is 3.26. The maximum Gasteiger partial charge on any atom is 0.289 e. The highest BCUT2D eigenvalue weighted by atomic mass is 19.1. The van der Waals surface area contributed by atoms with Gasteiger partial charge in [0, 0.05) is 23.4 Å². The Morgan fingerprint density at radius 2 is 1.86 bits per heavy atom. The molecule has 0 spiro atoms. The number of aliphatic hydroxyl groups is 1. The second-order valence-corrected chi connectivity index (χ2v) is 8.70. The number of nitrogens with zero attached hydrogens (tertiary/aromatic N) is 1. The largest absolute Gasteiger partial charge is 0.503 e. The molecule has 1 N–H and O–H groups in total. The van der Waals surface area contributed by atoms with Crippen molar-refractivity contribution < 1.29 is 23.5 Å². The van der Waals surface area contributed by atoms with Crippen LogP contribution in [0.25, 0.3) is 0 Å². The van der Waals surface area contributed by atoms with E-state index in [1.807, 2.05) is 40.7 Å². The minimum Gasteiger partial charge on any atom is -0.503 e. The van der Waals surface area contributed by atoms with Crippen LogP contribution in [0.2, 0.25) is 0 Å². The van der Waals surface area contributed by atoms with Crippen molar-refractivity contribution in [1.82, 2.24) is 4.90 Å². The second kappa shape index (κ2) is 7.50. The molecule has 0 aliphatic carbocycles. The van der Waals surface area contributed by atoms with E-state index in [2.05, 4.69) is 0 Å². The van der Waals surface area contributed by atoms with E-state index < -0.39 is 17.4 Å². The number of Topliss-reactive ketones (excluding diaryl/α,β-unsaturated/α-hetero) is 1. The van der Waals surface area contributed by atoms with Crippen molar-refractivity contribution in [2.75, 3.05) is 6.54 Å². The molecule has 1 aromatic carbocycles.